The molecule has 5 nitrogen and oxygen atoms in total. The predicted molar refractivity (Wildman–Crippen MR) is 89.9 cm³/mol. The van der Waals surface area contributed by atoms with Gasteiger partial charge in [0, 0.05) is 43.3 Å². The highest BCUT2D eigenvalue weighted by Gasteiger charge is 2.20. The molecule has 0 fully saturated rings. The molecule has 0 aromatic carbocycles. The highest BCUT2D eigenvalue weighted by Crippen LogP contribution is 2.29. The van der Waals surface area contributed by atoms with Crippen molar-refractivity contribution in [3.05, 3.63) is 46.7 Å². The Balaban J connectivity index is 1.94. The van der Waals surface area contributed by atoms with Crippen LogP contribution < -0.4 is 0 Å². The molecule has 0 aliphatic carbocycles. The molecular formula is C16H21N5S. The topological polar surface area (TPSA) is 38.9 Å². The molecule has 0 radical (unpaired) electrons. The van der Waals surface area contributed by atoms with Gasteiger partial charge in [-0.2, -0.15) is 0 Å². The minimum atomic E-state index is 0.327. The summed E-state index contributed by atoms with van der Waals surface area (Å²) in [6.07, 6.45) is 7.63. The Morgan fingerprint density at radius 1 is 1.18 bits per heavy atom. The number of aryl methyl sites for hydroxylation is 2. The van der Waals surface area contributed by atoms with E-state index >= 15 is 0 Å². The minimum absolute atomic E-state index is 0.327. The maximum atomic E-state index is 4.50. The van der Waals surface area contributed by atoms with E-state index in [0.717, 1.165) is 18.2 Å². The fourth-order valence-corrected chi connectivity index (χ4v) is 3.75. The van der Waals surface area contributed by atoms with E-state index in [0.29, 0.717) is 6.04 Å². The van der Waals surface area contributed by atoms with Crippen LogP contribution in [-0.4, -0.2) is 38.1 Å². The summed E-state index contributed by atoms with van der Waals surface area (Å²) in [5.41, 5.74) is 1.35. The highest BCUT2D eigenvalue weighted by atomic mass is 32.1. The van der Waals surface area contributed by atoms with Gasteiger partial charge in [0.05, 0.1) is 6.04 Å². The van der Waals surface area contributed by atoms with E-state index in [-0.39, 0.29) is 0 Å². The van der Waals surface area contributed by atoms with Crippen LogP contribution in [0.25, 0.3) is 11.6 Å². The zero-order valence-electron chi connectivity index (χ0n) is 13.4. The number of aromatic nitrogens is 4. The molecule has 0 N–H and O–H groups in total. The summed E-state index contributed by atoms with van der Waals surface area (Å²) in [6, 6.07) is 2.51. The van der Waals surface area contributed by atoms with E-state index in [9.17, 15) is 0 Å². The van der Waals surface area contributed by atoms with Gasteiger partial charge in [0.2, 0.25) is 0 Å². The summed E-state index contributed by atoms with van der Waals surface area (Å²) < 4.78 is 4.19. The lowest BCUT2D eigenvalue weighted by Crippen LogP contribution is -2.24. The lowest BCUT2D eigenvalue weighted by Gasteiger charge is -2.25. The summed E-state index contributed by atoms with van der Waals surface area (Å²) in [7, 11) is 6.25. The molecule has 6 heteroatoms. The van der Waals surface area contributed by atoms with Crippen LogP contribution in [0.4, 0.5) is 0 Å². The van der Waals surface area contributed by atoms with Gasteiger partial charge in [-0.15, -0.1) is 11.3 Å². The molecule has 22 heavy (non-hydrogen) atoms. The molecule has 0 bridgehead atoms. The van der Waals surface area contributed by atoms with E-state index in [4.69, 9.17) is 0 Å². The van der Waals surface area contributed by atoms with E-state index in [1.165, 1.54) is 10.4 Å². The van der Waals surface area contributed by atoms with Gasteiger partial charge < -0.3 is 14.0 Å². The third kappa shape index (κ3) is 2.71. The molecule has 0 saturated heterocycles. The third-order valence-corrected chi connectivity index (χ3v) is 5.05. The van der Waals surface area contributed by atoms with E-state index < -0.39 is 0 Å². The van der Waals surface area contributed by atoms with Crippen LogP contribution in [0, 0.1) is 6.92 Å². The summed E-state index contributed by atoms with van der Waals surface area (Å²) in [4.78, 5) is 12.6. The number of nitrogens with zero attached hydrogens (tertiary/aromatic N) is 5. The Bertz CT molecular complexity index is 752. The van der Waals surface area contributed by atoms with Crippen LogP contribution in [0.5, 0.6) is 0 Å². The quantitative estimate of drug-likeness (QED) is 0.726. The summed E-state index contributed by atoms with van der Waals surface area (Å²) in [6.45, 7) is 3.03. The zero-order chi connectivity index (χ0) is 15.7. The largest absolute Gasteiger partial charge is 0.331 e. The number of likely N-dealkylation sites (N-methyl/N-ethyl adjacent to an activating group) is 1. The van der Waals surface area contributed by atoms with Gasteiger partial charge in [-0.1, -0.05) is 0 Å². The highest BCUT2D eigenvalue weighted by molar-refractivity contribution is 7.10. The van der Waals surface area contributed by atoms with Gasteiger partial charge in [0.1, 0.15) is 0 Å². The number of imidazole rings is 2. The van der Waals surface area contributed by atoms with E-state index in [2.05, 4.69) is 51.9 Å². The molecule has 0 aliphatic rings. The first-order valence-corrected chi connectivity index (χ1v) is 8.15. The standard InChI is InChI=1S/C16H21N5S/c1-12-5-10-22-14(12)13(19(2)3)11-21-9-7-18-16(21)15-17-6-8-20(15)4/h5-10,13H,11H2,1-4H3. The zero-order valence-corrected chi connectivity index (χ0v) is 14.2. The third-order valence-electron chi connectivity index (χ3n) is 3.93. The fourth-order valence-electron chi connectivity index (χ4n) is 2.64. The number of thiophene rings is 1. The molecule has 1 unspecified atom stereocenters. The van der Waals surface area contributed by atoms with Crippen LogP contribution >= 0.6 is 11.3 Å². The van der Waals surface area contributed by atoms with Gasteiger partial charge in [0.15, 0.2) is 11.6 Å². The molecule has 0 spiro atoms. The lowest BCUT2D eigenvalue weighted by atomic mass is 10.1. The van der Waals surface area contributed by atoms with Gasteiger partial charge in [0.25, 0.3) is 0 Å². The van der Waals surface area contributed by atoms with Crippen molar-refractivity contribution in [2.45, 2.75) is 19.5 Å². The average Bonchev–Trinajstić information content (AvgIpc) is 3.17. The molecule has 3 aromatic heterocycles. The van der Waals surface area contributed by atoms with E-state index in [1.54, 1.807) is 6.20 Å². The van der Waals surface area contributed by atoms with Gasteiger partial charge >= 0.3 is 0 Å². The average molecular weight is 315 g/mol. The summed E-state index contributed by atoms with van der Waals surface area (Å²) >= 11 is 1.82. The molecular weight excluding hydrogens is 294 g/mol. The maximum absolute atomic E-state index is 4.50. The first-order valence-electron chi connectivity index (χ1n) is 7.27. The molecule has 116 valence electrons. The van der Waals surface area contributed by atoms with Crippen molar-refractivity contribution in [3.63, 3.8) is 0 Å². The number of rotatable bonds is 5. The van der Waals surface area contributed by atoms with Crippen LogP contribution in [0.2, 0.25) is 0 Å². The molecule has 0 amide bonds. The summed E-state index contributed by atoms with van der Waals surface area (Å²) in [5, 5.41) is 2.16. The van der Waals surface area contributed by atoms with Crippen molar-refractivity contribution in [1.29, 1.82) is 0 Å². The molecule has 3 aromatic rings. The molecule has 3 heterocycles. The Labute approximate surface area is 134 Å². The smallest absolute Gasteiger partial charge is 0.176 e. The summed E-state index contributed by atoms with van der Waals surface area (Å²) in [5.74, 6) is 1.80. The second-order valence-electron chi connectivity index (χ2n) is 5.71. The molecule has 0 saturated carbocycles. The van der Waals surface area contributed by atoms with Crippen molar-refractivity contribution in [2.75, 3.05) is 14.1 Å². The van der Waals surface area contributed by atoms with Crippen molar-refractivity contribution < 1.29 is 0 Å². The lowest BCUT2D eigenvalue weighted by molar-refractivity contribution is 0.273. The SMILES string of the molecule is Cc1ccsc1C(Cn1ccnc1-c1nccn1C)N(C)C. The van der Waals surface area contributed by atoms with Crippen LogP contribution in [0.3, 0.4) is 0 Å². The Morgan fingerprint density at radius 2 is 1.91 bits per heavy atom. The molecule has 1 atom stereocenters. The van der Waals surface area contributed by atoms with Crippen LogP contribution in [-0.2, 0) is 13.6 Å². The first-order chi connectivity index (χ1) is 10.6. The van der Waals surface area contributed by atoms with Gasteiger partial charge in [-0.05, 0) is 38.0 Å². The maximum Gasteiger partial charge on any atom is 0.176 e. The van der Waals surface area contributed by atoms with Crippen molar-refractivity contribution in [3.8, 4) is 11.6 Å². The predicted octanol–water partition coefficient (Wildman–Crippen LogP) is 2.96. The second kappa shape index (κ2) is 6.06. The Hall–Kier alpha value is -1.92. The second-order valence-corrected chi connectivity index (χ2v) is 6.66. The minimum Gasteiger partial charge on any atom is -0.331 e. The van der Waals surface area contributed by atoms with Crippen molar-refractivity contribution in [2.24, 2.45) is 7.05 Å². The fraction of sp³-hybridized carbons (Fsp3) is 0.375. The van der Waals surface area contributed by atoms with E-state index in [1.807, 2.05) is 41.5 Å². The molecule has 0 aliphatic heterocycles. The van der Waals surface area contributed by atoms with Crippen molar-refractivity contribution >= 4 is 11.3 Å². The van der Waals surface area contributed by atoms with Crippen LogP contribution in [0.1, 0.15) is 16.5 Å². The normalized spacial score (nSPS) is 13.0. The Kier molecular flexibility index (Phi) is 4.13. The monoisotopic (exact) mass is 315 g/mol. The van der Waals surface area contributed by atoms with Gasteiger partial charge in [-0.25, -0.2) is 9.97 Å². The Morgan fingerprint density at radius 3 is 2.50 bits per heavy atom. The van der Waals surface area contributed by atoms with Gasteiger partial charge in [-0.3, -0.25) is 0 Å². The van der Waals surface area contributed by atoms with Crippen LogP contribution in [0.15, 0.2) is 36.2 Å². The first kappa shape index (κ1) is 15.0. The van der Waals surface area contributed by atoms with Crippen molar-refractivity contribution in [1.82, 2.24) is 24.0 Å². The number of hydrogen-bond acceptors (Lipinski definition) is 4. The number of hydrogen-bond donors (Lipinski definition) is 0. The molecule has 3 rings (SSSR count).